The number of carbonyl (C=O) groups is 1. The Labute approximate surface area is 69.3 Å². The van der Waals surface area contributed by atoms with Crippen LogP contribution in [0.5, 0.6) is 0 Å². The van der Waals surface area contributed by atoms with Gasteiger partial charge in [-0.1, -0.05) is 0 Å². The van der Waals surface area contributed by atoms with Crippen molar-refractivity contribution in [2.75, 3.05) is 11.5 Å². The lowest BCUT2D eigenvalue weighted by Crippen LogP contribution is -2.46. The zero-order valence-electron chi connectivity index (χ0n) is 6.24. The van der Waals surface area contributed by atoms with Gasteiger partial charge in [0.2, 0.25) is 0 Å². The second-order valence-corrected chi connectivity index (χ2v) is 3.55. The molecule has 2 atom stereocenters. The van der Waals surface area contributed by atoms with Crippen LogP contribution in [0.1, 0.15) is 6.92 Å². The second kappa shape index (κ2) is 3.82. The van der Waals surface area contributed by atoms with Crippen molar-refractivity contribution in [3.8, 4) is 0 Å². The van der Waals surface area contributed by atoms with E-state index < -0.39 is 6.16 Å². The number of nitrogens with one attached hydrogen (secondary N) is 1. The van der Waals surface area contributed by atoms with Gasteiger partial charge in [0.1, 0.15) is 0 Å². The number of hydrogen-bond donors (Lipinski definition) is 2. The van der Waals surface area contributed by atoms with E-state index in [1.807, 2.05) is 6.92 Å². The fourth-order valence-electron chi connectivity index (χ4n) is 0.955. The van der Waals surface area contributed by atoms with E-state index >= 15 is 0 Å². The van der Waals surface area contributed by atoms with Crippen molar-refractivity contribution >= 4 is 17.9 Å². The summed E-state index contributed by atoms with van der Waals surface area (Å²) in [6, 6.07) is 0.332. The van der Waals surface area contributed by atoms with Crippen LogP contribution in [0.4, 0.5) is 4.79 Å². The van der Waals surface area contributed by atoms with Gasteiger partial charge in [-0.3, -0.25) is 5.32 Å². The predicted molar refractivity (Wildman–Crippen MR) is 42.8 cm³/mol. The van der Waals surface area contributed by atoms with E-state index in [0.29, 0.717) is 11.8 Å². The summed E-state index contributed by atoms with van der Waals surface area (Å²) in [5, 5.41) is 11.3. The Hall–Kier alpha value is -0.420. The molecule has 1 rings (SSSR count). The predicted octanol–water partition coefficient (Wildman–Crippen LogP) is 0.732. The average Bonchev–Trinajstić information content (AvgIpc) is 1.85. The Morgan fingerprint density at radius 3 is 3.00 bits per heavy atom. The summed E-state index contributed by atoms with van der Waals surface area (Å²) in [7, 11) is 0. The van der Waals surface area contributed by atoms with Crippen molar-refractivity contribution in [3.05, 3.63) is 0 Å². The van der Waals surface area contributed by atoms with Gasteiger partial charge in [-0.25, -0.2) is 4.79 Å². The Morgan fingerprint density at radius 1 is 1.73 bits per heavy atom. The summed E-state index contributed by atoms with van der Waals surface area (Å²) < 4.78 is 4.55. The molecule has 4 nitrogen and oxygen atoms in total. The number of rotatable bonds is 1. The van der Waals surface area contributed by atoms with Crippen LogP contribution in [-0.4, -0.2) is 35.0 Å². The molecule has 0 bridgehead atoms. The Morgan fingerprint density at radius 2 is 2.45 bits per heavy atom. The van der Waals surface area contributed by atoms with Crippen LogP contribution in [0, 0.1) is 0 Å². The van der Waals surface area contributed by atoms with Gasteiger partial charge in [-0.15, -0.1) is 0 Å². The van der Waals surface area contributed by atoms with Crippen LogP contribution in [0.15, 0.2) is 0 Å². The first-order valence-corrected chi connectivity index (χ1v) is 4.57. The minimum absolute atomic E-state index is 0.332. The molecule has 0 spiro atoms. The minimum Gasteiger partial charge on any atom is -0.450 e. The zero-order valence-corrected chi connectivity index (χ0v) is 7.06. The van der Waals surface area contributed by atoms with Crippen LogP contribution >= 0.6 is 11.8 Å². The lowest BCUT2D eigenvalue weighted by molar-refractivity contribution is 0.0425. The molecule has 1 aliphatic heterocycles. The molecule has 1 aliphatic rings. The molecule has 0 aromatic carbocycles. The summed E-state index contributed by atoms with van der Waals surface area (Å²) in [6.45, 7) is 2.00. The summed E-state index contributed by atoms with van der Waals surface area (Å²) in [4.78, 5) is 10.1. The molecule has 2 N–H and O–H groups in total. The quantitative estimate of drug-likeness (QED) is 0.578. The third-order valence-corrected chi connectivity index (χ3v) is 2.62. The van der Waals surface area contributed by atoms with E-state index in [9.17, 15) is 4.79 Å². The maximum Gasteiger partial charge on any atom is 0.507 e. The summed E-state index contributed by atoms with van der Waals surface area (Å²) >= 11 is 1.70. The number of thioether (sulfide) groups is 1. The summed E-state index contributed by atoms with van der Waals surface area (Å²) in [6.07, 6.45) is -1.54. The van der Waals surface area contributed by atoms with Gasteiger partial charge in [-0.2, -0.15) is 11.8 Å². The molecule has 0 aromatic rings. The lowest BCUT2D eigenvalue weighted by atomic mass is 10.4. The van der Waals surface area contributed by atoms with E-state index in [1.54, 1.807) is 11.8 Å². The third kappa shape index (κ3) is 2.98. The van der Waals surface area contributed by atoms with Gasteiger partial charge in [0, 0.05) is 17.5 Å². The molecular weight excluding hydrogens is 166 g/mol. The topological polar surface area (TPSA) is 58.6 Å². The summed E-state index contributed by atoms with van der Waals surface area (Å²) in [5.74, 6) is 1.72. The number of hydrogen-bond acceptors (Lipinski definition) is 4. The van der Waals surface area contributed by atoms with Crippen molar-refractivity contribution in [1.29, 1.82) is 0 Å². The highest BCUT2D eigenvalue weighted by atomic mass is 32.2. The zero-order chi connectivity index (χ0) is 8.27. The van der Waals surface area contributed by atoms with E-state index in [0.717, 1.165) is 5.75 Å². The standard InChI is InChI=1S/C6H11NO3S/c1-4-2-11-3-5(7-4)10-6(8)9/h4-5,7H,2-3H2,1H3,(H,8,9). The Bertz CT molecular complexity index is 153. The molecule has 0 aromatic heterocycles. The molecule has 0 aliphatic carbocycles. The molecule has 0 saturated carbocycles. The molecule has 1 heterocycles. The van der Waals surface area contributed by atoms with Gasteiger partial charge in [0.05, 0.1) is 0 Å². The average molecular weight is 177 g/mol. The SMILES string of the molecule is CC1CSCC(OC(=O)O)N1. The normalized spacial score (nSPS) is 31.4. The first kappa shape index (κ1) is 8.67. The molecule has 64 valence electrons. The van der Waals surface area contributed by atoms with Crippen LogP contribution in [-0.2, 0) is 4.74 Å². The highest BCUT2D eigenvalue weighted by Crippen LogP contribution is 2.12. The maximum atomic E-state index is 10.1. The largest absolute Gasteiger partial charge is 0.507 e. The maximum absolute atomic E-state index is 10.1. The van der Waals surface area contributed by atoms with Gasteiger partial charge in [0.25, 0.3) is 0 Å². The first-order valence-electron chi connectivity index (χ1n) is 3.42. The number of carboxylic acid groups (broad SMARTS) is 1. The van der Waals surface area contributed by atoms with Crippen LogP contribution in [0.25, 0.3) is 0 Å². The monoisotopic (exact) mass is 177 g/mol. The molecule has 0 amide bonds. The Balaban J connectivity index is 2.28. The first-order chi connectivity index (χ1) is 5.18. The van der Waals surface area contributed by atoms with Crippen molar-refractivity contribution in [2.24, 2.45) is 0 Å². The number of ether oxygens (including phenoxy) is 1. The molecule has 5 heteroatoms. The molecule has 11 heavy (non-hydrogen) atoms. The Kier molecular flexibility index (Phi) is 3.02. The molecular formula is C6H11NO3S. The van der Waals surface area contributed by atoms with Crippen molar-refractivity contribution in [2.45, 2.75) is 19.2 Å². The smallest absolute Gasteiger partial charge is 0.450 e. The molecule has 2 unspecified atom stereocenters. The van der Waals surface area contributed by atoms with Crippen molar-refractivity contribution in [3.63, 3.8) is 0 Å². The summed E-state index contributed by atoms with van der Waals surface area (Å²) in [5.41, 5.74) is 0. The van der Waals surface area contributed by atoms with E-state index in [4.69, 9.17) is 5.11 Å². The van der Waals surface area contributed by atoms with E-state index in [-0.39, 0.29) is 6.23 Å². The van der Waals surface area contributed by atoms with Crippen LogP contribution < -0.4 is 5.32 Å². The van der Waals surface area contributed by atoms with Crippen LogP contribution in [0.2, 0.25) is 0 Å². The van der Waals surface area contributed by atoms with Gasteiger partial charge >= 0.3 is 6.16 Å². The third-order valence-electron chi connectivity index (χ3n) is 1.35. The highest BCUT2D eigenvalue weighted by Gasteiger charge is 2.20. The van der Waals surface area contributed by atoms with Gasteiger partial charge in [0.15, 0.2) is 6.23 Å². The highest BCUT2D eigenvalue weighted by molar-refractivity contribution is 7.99. The van der Waals surface area contributed by atoms with Crippen LogP contribution in [0.3, 0.4) is 0 Å². The van der Waals surface area contributed by atoms with Gasteiger partial charge in [-0.05, 0) is 6.92 Å². The molecule has 0 radical (unpaired) electrons. The van der Waals surface area contributed by atoms with Crippen molar-refractivity contribution in [1.82, 2.24) is 5.32 Å². The van der Waals surface area contributed by atoms with E-state index in [2.05, 4.69) is 10.1 Å². The van der Waals surface area contributed by atoms with Crippen molar-refractivity contribution < 1.29 is 14.6 Å². The fraction of sp³-hybridized carbons (Fsp3) is 0.833. The lowest BCUT2D eigenvalue weighted by Gasteiger charge is -2.26. The minimum atomic E-state index is -1.21. The van der Waals surface area contributed by atoms with E-state index in [1.165, 1.54) is 0 Å². The van der Waals surface area contributed by atoms with Gasteiger partial charge < -0.3 is 9.84 Å². The fourth-order valence-corrected chi connectivity index (χ4v) is 1.92. The second-order valence-electron chi connectivity index (χ2n) is 2.48. The molecule has 1 saturated heterocycles. The molecule has 1 fully saturated rings.